The van der Waals surface area contributed by atoms with Gasteiger partial charge >= 0.3 is 0 Å². The van der Waals surface area contributed by atoms with Crippen LogP contribution in [0.2, 0.25) is 5.02 Å². The molecular formula is C24H27ClFN3O. The van der Waals surface area contributed by atoms with Crippen molar-refractivity contribution in [1.82, 2.24) is 14.4 Å². The molecule has 0 saturated carbocycles. The van der Waals surface area contributed by atoms with Crippen LogP contribution in [0.25, 0.3) is 10.9 Å². The van der Waals surface area contributed by atoms with Crippen LogP contribution in [-0.2, 0) is 6.54 Å². The lowest BCUT2D eigenvalue weighted by molar-refractivity contribution is 0.0714. The molecule has 1 aliphatic rings. The first-order valence-corrected chi connectivity index (χ1v) is 10.8. The largest absolute Gasteiger partial charge is 0.345 e. The van der Waals surface area contributed by atoms with Crippen molar-refractivity contribution in [3.05, 3.63) is 70.6 Å². The number of aromatic nitrogens is 1. The van der Waals surface area contributed by atoms with Gasteiger partial charge in [-0.25, -0.2) is 4.39 Å². The predicted octanol–water partition coefficient (Wildman–Crippen LogP) is 5.02. The van der Waals surface area contributed by atoms with E-state index in [-0.39, 0.29) is 17.6 Å². The molecule has 30 heavy (non-hydrogen) atoms. The van der Waals surface area contributed by atoms with Gasteiger partial charge in [-0.1, -0.05) is 35.9 Å². The number of likely N-dealkylation sites (tertiary alicyclic amines) is 1. The van der Waals surface area contributed by atoms with Crippen LogP contribution in [0, 0.1) is 5.82 Å². The highest BCUT2D eigenvalue weighted by atomic mass is 35.5. The first-order chi connectivity index (χ1) is 14.4. The van der Waals surface area contributed by atoms with Gasteiger partial charge in [0.2, 0.25) is 0 Å². The molecule has 0 radical (unpaired) electrons. The van der Waals surface area contributed by atoms with Crippen LogP contribution >= 0.6 is 11.6 Å². The standard InChI is InChI=1S/C24H27ClFN3O/c1-27(2)13-14-29-16-21(20-8-7-18(25)15-23(20)29)24(30)28-11-9-17(10-12-28)19-5-3-4-6-22(19)26/h3-8,15-17H,9-14H2,1-2H3. The normalized spacial score (nSPS) is 15.3. The molecule has 1 amide bonds. The fourth-order valence-corrected chi connectivity index (χ4v) is 4.46. The minimum Gasteiger partial charge on any atom is -0.345 e. The molecule has 1 aromatic heterocycles. The molecule has 0 atom stereocenters. The second-order valence-corrected chi connectivity index (χ2v) is 8.73. The van der Waals surface area contributed by atoms with E-state index >= 15 is 0 Å². The van der Waals surface area contributed by atoms with E-state index in [1.165, 1.54) is 6.07 Å². The molecule has 1 fully saturated rings. The van der Waals surface area contributed by atoms with Crippen molar-refractivity contribution in [1.29, 1.82) is 0 Å². The molecule has 2 aromatic carbocycles. The summed E-state index contributed by atoms with van der Waals surface area (Å²) < 4.78 is 16.2. The minimum absolute atomic E-state index is 0.0397. The summed E-state index contributed by atoms with van der Waals surface area (Å²) in [6, 6.07) is 12.7. The molecule has 0 unspecified atom stereocenters. The molecule has 1 saturated heterocycles. The van der Waals surface area contributed by atoms with Crippen molar-refractivity contribution in [3.63, 3.8) is 0 Å². The van der Waals surface area contributed by atoms with Crippen LogP contribution in [0.1, 0.15) is 34.7 Å². The van der Waals surface area contributed by atoms with Gasteiger partial charge in [-0.15, -0.1) is 0 Å². The zero-order valence-electron chi connectivity index (χ0n) is 17.4. The number of benzene rings is 2. The smallest absolute Gasteiger partial charge is 0.256 e. The number of hydrogen-bond donors (Lipinski definition) is 0. The molecule has 0 N–H and O–H groups in total. The lowest BCUT2D eigenvalue weighted by Crippen LogP contribution is -2.38. The van der Waals surface area contributed by atoms with Crippen LogP contribution in [0.4, 0.5) is 4.39 Å². The Labute approximate surface area is 181 Å². The van der Waals surface area contributed by atoms with E-state index in [4.69, 9.17) is 11.6 Å². The van der Waals surface area contributed by atoms with Crippen molar-refractivity contribution < 1.29 is 9.18 Å². The van der Waals surface area contributed by atoms with Crippen molar-refractivity contribution in [3.8, 4) is 0 Å². The van der Waals surface area contributed by atoms with Gasteiger partial charge in [-0.3, -0.25) is 4.79 Å². The summed E-state index contributed by atoms with van der Waals surface area (Å²) in [6.45, 7) is 2.93. The highest BCUT2D eigenvalue weighted by molar-refractivity contribution is 6.31. The third-order valence-corrected chi connectivity index (χ3v) is 6.23. The van der Waals surface area contributed by atoms with Crippen LogP contribution in [0.3, 0.4) is 0 Å². The Kier molecular flexibility index (Phi) is 6.11. The second-order valence-electron chi connectivity index (χ2n) is 8.29. The zero-order valence-corrected chi connectivity index (χ0v) is 18.2. The quantitative estimate of drug-likeness (QED) is 0.572. The van der Waals surface area contributed by atoms with Crippen LogP contribution in [-0.4, -0.2) is 54.0 Å². The highest BCUT2D eigenvalue weighted by Crippen LogP contribution is 2.32. The zero-order chi connectivity index (χ0) is 21.3. The number of amides is 1. The summed E-state index contributed by atoms with van der Waals surface area (Å²) in [5, 5.41) is 1.59. The molecule has 158 valence electrons. The first-order valence-electron chi connectivity index (χ1n) is 10.4. The molecule has 0 spiro atoms. The second kappa shape index (κ2) is 8.78. The van der Waals surface area contributed by atoms with Gasteiger partial charge in [0.15, 0.2) is 0 Å². The Hall–Kier alpha value is -2.37. The molecule has 4 rings (SSSR count). The van der Waals surface area contributed by atoms with Crippen molar-refractivity contribution in [2.45, 2.75) is 25.3 Å². The molecule has 1 aliphatic heterocycles. The van der Waals surface area contributed by atoms with Crippen LogP contribution in [0.15, 0.2) is 48.7 Å². The fraction of sp³-hybridized carbons (Fsp3) is 0.375. The highest BCUT2D eigenvalue weighted by Gasteiger charge is 2.27. The summed E-state index contributed by atoms with van der Waals surface area (Å²) in [6.07, 6.45) is 3.51. The molecule has 0 aliphatic carbocycles. The number of piperidine rings is 1. The SMILES string of the molecule is CN(C)CCn1cc(C(=O)N2CCC(c3ccccc3F)CC2)c2ccc(Cl)cc21. The third kappa shape index (κ3) is 4.23. The van der Waals surface area contributed by atoms with Gasteiger partial charge in [0.25, 0.3) is 5.91 Å². The van der Waals surface area contributed by atoms with E-state index in [9.17, 15) is 9.18 Å². The van der Waals surface area contributed by atoms with E-state index < -0.39 is 0 Å². The average Bonchev–Trinajstić information content (AvgIpc) is 3.10. The Morgan fingerprint density at radius 3 is 2.60 bits per heavy atom. The molecule has 2 heterocycles. The monoisotopic (exact) mass is 427 g/mol. The van der Waals surface area contributed by atoms with Gasteiger partial charge in [0.05, 0.1) is 11.1 Å². The lowest BCUT2D eigenvalue weighted by atomic mass is 9.89. The molecular weight excluding hydrogens is 401 g/mol. The number of halogens is 2. The average molecular weight is 428 g/mol. The first kappa shape index (κ1) is 20.9. The Balaban J connectivity index is 1.54. The maximum atomic E-state index is 14.1. The van der Waals surface area contributed by atoms with Gasteiger partial charge < -0.3 is 14.4 Å². The van der Waals surface area contributed by atoms with E-state index in [0.717, 1.165) is 42.4 Å². The molecule has 6 heteroatoms. The van der Waals surface area contributed by atoms with Gasteiger partial charge in [0.1, 0.15) is 5.82 Å². The number of fused-ring (bicyclic) bond motifs is 1. The van der Waals surface area contributed by atoms with E-state index in [1.807, 2.05) is 55.5 Å². The number of hydrogen-bond acceptors (Lipinski definition) is 2. The summed E-state index contributed by atoms with van der Waals surface area (Å²) in [4.78, 5) is 17.4. The molecule has 0 bridgehead atoms. The molecule has 4 nitrogen and oxygen atoms in total. The number of rotatable bonds is 5. The van der Waals surface area contributed by atoms with Crippen LogP contribution < -0.4 is 0 Å². The Morgan fingerprint density at radius 1 is 1.17 bits per heavy atom. The van der Waals surface area contributed by atoms with E-state index in [0.29, 0.717) is 23.7 Å². The number of carbonyl (C=O) groups excluding carboxylic acids is 1. The fourth-order valence-electron chi connectivity index (χ4n) is 4.30. The van der Waals surface area contributed by atoms with E-state index in [1.54, 1.807) is 6.07 Å². The number of nitrogens with zero attached hydrogens (tertiary/aromatic N) is 3. The van der Waals surface area contributed by atoms with Gasteiger partial charge in [-0.2, -0.15) is 0 Å². The lowest BCUT2D eigenvalue weighted by Gasteiger charge is -2.32. The predicted molar refractivity (Wildman–Crippen MR) is 120 cm³/mol. The maximum Gasteiger partial charge on any atom is 0.256 e. The van der Waals surface area contributed by atoms with Gasteiger partial charge in [0, 0.05) is 42.8 Å². The summed E-state index contributed by atoms with van der Waals surface area (Å²) in [5.41, 5.74) is 2.46. The number of likely N-dealkylation sites (N-methyl/N-ethyl adjacent to an activating group) is 1. The third-order valence-electron chi connectivity index (χ3n) is 5.99. The van der Waals surface area contributed by atoms with Crippen molar-refractivity contribution in [2.75, 3.05) is 33.7 Å². The topological polar surface area (TPSA) is 28.5 Å². The molecule has 3 aromatic rings. The summed E-state index contributed by atoms with van der Waals surface area (Å²) in [7, 11) is 4.06. The van der Waals surface area contributed by atoms with Crippen molar-refractivity contribution >= 4 is 28.4 Å². The number of carbonyl (C=O) groups is 1. The Bertz CT molecular complexity index is 1050. The minimum atomic E-state index is -0.150. The van der Waals surface area contributed by atoms with Crippen molar-refractivity contribution in [2.24, 2.45) is 0 Å². The summed E-state index contributed by atoms with van der Waals surface area (Å²) in [5.74, 6) is 0.0523. The Morgan fingerprint density at radius 2 is 1.90 bits per heavy atom. The summed E-state index contributed by atoms with van der Waals surface area (Å²) >= 11 is 6.23. The van der Waals surface area contributed by atoms with Gasteiger partial charge in [-0.05, 0) is 56.6 Å². The van der Waals surface area contributed by atoms with Crippen LogP contribution in [0.5, 0.6) is 0 Å². The maximum absolute atomic E-state index is 14.1. The van der Waals surface area contributed by atoms with E-state index in [2.05, 4.69) is 9.47 Å².